The molecule has 176 valence electrons. The van der Waals surface area contributed by atoms with Crippen molar-refractivity contribution in [2.24, 2.45) is 0 Å². The monoisotopic (exact) mass is 467 g/mol. The molecule has 6 rings (SSSR count). The Hall–Kier alpha value is -4.04. The maximum Gasteiger partial charge on any atom is 0.270 e. The first-order chi connectivity index (χ1) is 17.1. The van der Waals surface area contributed by atoms with E-state index in [1.165, 1.54) is 0 Å². The van der Waals surface area contributed by atoms with Crippen molar-refractivity contribution in [2.45, 2.75) is 6.54 Å². The van der Waals surface area contributed by atoms with Crippen LogP contribution in [0.3, 0.4) is 0 Å². The fourth-order valence-corrected chi connectivity index (χ4v) is 4.85. The zero-order valence-corrected chi connectivity index (χ0v) is 19.5. The third kappa shape index (κ3) is 3.76. The van der Waals surface area contributed by atoms with Crippen molar-refractivity contribution in [2.75, 3.05) is 39.9 Å². The van der Waals surface area contributed by atoms with Crippen molar-refractivity contribution in [3.05, 3.63) is 72.3 Å². The molecule has 1 aromatic carbocycles. The minimum Gasteiger partial charge on any atom is -0.378 e. The molecule has 0 saturated carbocycles. The largest absolute Gasteiger partial charge is 0.378 e. The number of carbonyl (C=O) groups is 2. The topological polar surface area (TPSA) is 80.6 Å². The standard InChI is InChI=1S/C27H25N5O3/c1-30-8-9-32-24(27(30)34)15-23-22(6-7-29-25(23)32)21-14-20(16-28-17-21)18-2-4-19(5-3-18)26(33)31-10-12-35-13-11-31/h2-7,14-17H,8-13H2,1H3. The Bertz CT molecular complexity index is 1440. The van der Waals surface area contributed by atoms with Crippen LogP contribution in [0, 0.1) is 0 Å². The van der Waals surface area contributed by atoms with Gasteiger partial charge in [0, 0.05) is 73.9 Å². The van der Waals surface area contributed by atoms with Gasteiger partial charge in [0.1, 0.15) is 11.3 Å². The van der Waals surface area contributed by atoms with E-state index >= 15 is 0 Å². The van der Waals surface area contributed by atoms with Crippen LogP contribution in [-0.4, -0.2) is 76.0 Å². The molecule has 0 N–H and O–H groups in total. The highest BCUT2D eigenvalue weighted by Gasteiger charge is 2.25. The molecule has 35 heavy (non-hydrogen) atoms. The van der Waals surface area contributed by atoms with Gasteiger partial charge in [0.25, 0.3) is 11.8 Å². The molecule has 5 heterocycles. The van der Waals surface area contributed by atoms with Crippen LogP contribution in [0.4, 0.5) is 0 Å². The van der Waals surface area contributed by atoms with E-state index in [0.29, 0.717) is 44.1 Å². The fourth-order valence-electron chi connectivity index (χ4n) is 4.85. The third-order valence-electron chi connectivity index (χ3n) is 6.83. The van der Waals surface area contributed by atoms with Crippen LogP contribution in [0.5, 0.6) is 0 Å². The average molecular weight is 468 g/mol. The van der Waals surface area contributed by atoms with E-state index < -0.39 is 0 Å². The number of amides is 2. The summed E-state index contributed by atoms with van der Waals surface area (Å²) in [4.78, 5) is 38.1. The van der Waals surface area contributed by atoms with Crippen molar-refractivity contribution in [1.82, 2.24) is 24.3 Å². The minimum atomic E-state index is 0.0128. The van der Waals surface area contributed by atoms with Crippen LogP contribution in [0.25, 0.3) is 33.3 Å². The Morgan fingerprint density at radius 2 is 1.69 bits per heavy atom. The number of hydrogen-bond acceptors (Lipinski definition) is 5. The Morgan fingerprint density at radius 1 is 0.914 bits per heavy atom. The number of aromatic nitrogens is 3. The molecule has 2 aliphatic rings. The van der Waals surface area contributed by atoms with E-state index in [9.17, 15) is 9.59 Å². The molecule has 8 heteroatoms. The van der Waals surface area contributed by atoms with Crippen LogP contribution in [-0.2, 0) is 11.3 Å². The smallest absolute Gasteiger partial charge is 0.270 e. The second-order valence-electron chi connectivity index (χ2n) is 8.95. The van der Waals surface area contributed by atoms with Crippen molar-refractivity contribution in [3.8, 4) is 22.3 Å². The Kier molecular flexibility index (Phi) is 5.30. The lowest BCUT2D eigenvalue weighted by atomic mass is 10.00. The van der Waals surface area contributed by atoms with Gasteiger partial charge < -0.3 is 19.1 Å². The molecular weight excluding hydrogens is 442 g/mol. The number of ether oxygens (including phenoxy) is 1. The van der Waals surface area contributed by atoms with Crippen molar-refractivity contribution < 1.29 is 14.3 Å². The Labute approximate surface area is 202 Å². The molecule has 0 spiro atoms. The van der Waals surface area contributed by atoms with E-state index in [0.717, 1.165) is 39.8 Å². The number of likely N-dealkylation sites (N-methyl/N-ethyl adjacent to an activating group) is 1. The number of morpholine rings is 1. The Morgan fingerprint density at radius 3 is 2.49 bits per heavy atom. The highest BCUT2D eigenvalue weighted by molar-refractivity contribution is 6.03. The summed E-state index contributed by atoms with van der Waals surface area (Å²) in [7, 11) is 1.82. The molecule has 0 atom stereocenters. The molecule has 4 aromatic rings. The normalized spacial score (nSPS) is 16.0. The van der Waals surface area contributed by atoms with Crippen LogP contribution >= 0.6 is 0 Å². The van der Waals surface area contributed by atoms with Gasteiger partial charge in [-0.1, -0.05) is 12.1 Å². The van der Waals surface area contributed by atoms with Gasteiger partial charge >= 0.3 is 0 Å². The lowest BCUT2D eigenvalue weighted by Crippen LogP contribution is -2.40. The van der Waals surface area contributed by atoms with E-state index in [4.69, 9.17) is 4.74 Å². The molecule has 0 aliphatic carbocycles. The molecule has 0 bridgehead atoms. The van der Waals surface area contributed by atoms with Gasteiger partial charge in [-0.25, -0.2) is 4.98 Å². The van der Waals surface area contributed by atoms with Gasteiger partial charge in [-0.2, -0.15) is 0 Å². The quantitative estimate of drug-likeness (QED) is 0.462. The fraction of sp³-hybridized carbons (Fsp3) is 0.259. The Balaban J connectivity index is 1.33. The van der Waals surface area contributed by atoms with Gasteiger partial charge in [-0.05, 0) is 41.5 Å². The SMILES string of the molecule is CN1CCn2c(cc3c(-c4cncc(-c5ccc(C(=O)N6CCOCC6)cc5)c4)ccnc32)C1=O. The molecule has 1 fully saturated rings. The summed E-state index contributed by atoms with van der Waals surface area (Å²) in [6.07, 6.45) is 5.44. The van der Waals surface area contributed by atoms with Crippen LogP contribution < -0.4 is 0 Å². The highest BCUT2D eigenvalue weighted by atomic mass is 16.5. The first-order valence-electron chi connectivity index (χ1n) is 11.8. The predicted molar refractivity (Wildman–Crippen MR) is 132 cm³/mol. The number of carbonyl (C=O) groups excluding carboxylic acids is 2. The molecule has 8 nitrogen and oxygen atoms in total. The van der Waals surface area contributed by atoms with Gasteiger partial charge in [-0.15, -0.1) is 0 Å². The molecule has 1 saturated heterocycles. The summed E-state index contributed by atoms with van der Waals surface area (Å²) >= 11 is 0. The van der Waals surface area contributed by atoms with Crippen molar-refractivity contribution in [1.29, 1.82) is 0 Å². The predicted octanol–water partition coefficient (Wildman–Crippen LogP) is 3.32. The maximum absolute atomic E-state index is 12.8. The lowest BCUT2D eigenvalue weighted by Gasteiger charge is -2.26. The summed E-state index contributed by atoms with van der Waals surface area (Å²) in [6.45, 7) is 3.81. The average Bonchev–Trinajstić information content (AvgIpc) is 3.30. The molecule has 0 unspecified atom stereocenters. The summed E-state index contributed by atoms with van der Waals surface area (Å²) in [6, 6.07) is 13.7. The van der Waals surface area contributed by atoms with Crippen LogP contribution in [0.15, 0.2) is 61.1 Å². The summed E-state index contributed by atoms with van der Waals surface area (Å²) in [5, 5.41) is 0.941. The van der Waals surface area contributed by atoms with Gasteiger partial charge in [0.05, 0.1) is 13.2 Å². The highest BCUT2D eigenvalue weighted by Crippen LogP contribution is 2.33. The minimum absolute atomic E-state index is 0.0128. The lowest BCUT2D eigenvalue weighted by molar-refractivity contribution is 0.0303. The molecular formula is C27H25N5O3. The number of rotatable bonds is 3. The second-order valence-corrected chi connectivity index (χ2v) is 8.95. The van der Waals surface area contributed by atoms with E-state index in [2.05, 4.69) is 16.0 Å². The zero-order chi connectivity index (χ0) is 23.9. The molecule has 3 aromatic heterocycles. The second kappa shape index (κ2) is 8.63. The number of benzene rings is 1. The first kappa shape index (κ1) is 21.5. The molecule has 2 aliphatic heterocycles. The molecule has 0 radical (unpaired) electrons. The number of hydrogen-bond donors (Lipinski definition) is 0. The van der Waals surface area contributed by atoms with Crippen LogP contribution in [0.1, 0.15) is 20.8 Å². The zero-order valence-electron chi connectivity index (χ0n) is 19.5. The number of nitrogens with zero attached hydrogens (tertiary/aromatic N) is 5. The van der Waals surface area contributed by atoms with Crippen molar-refractivity contribution in [3.63, 3.8) is 0 Å². The maximum atomic E-state index is 12.8. The van der Waals surface area contributed by atoms with Gasteiger partial charge in [-0.3, -0.25) is 14.6 Å². The van der Waals surface area contributed by atoms with Gasteiger partial charge in [0.2, 0.25) is 0 Å². The van der Waals surface area contributed by atoms with E-state index in [1.807, 2.05) is 65.3 Å². The van der Waals surface area contributed by atoms with Crippen LogP contribution in [0.2, 0.25) is 0 Å². The summed E-state index contributed by atoms with van der Waals surface area (Å²) in [5.41, 5.74) is 6.03. The van der Waals surface area contributed by atoms with E-state index in [-0.39, 0.29) is 11.8 Å². The first-order valence-corrected chi connectivity index (χ1v) is 11.8. The number of fused-ring (bicyclic) bond motifs is 3. The third-order valence-corrected chi connectivity index (χ3v) is 6.83. The van der Waals surface area contributed by atoms with E-state index in [1.54, 1.807) is 11.1 Å². The van der Waals surface area contributed by atoms with Gasteiger partial charge in [0.15, 0.2) is 0 Å². The number of pyridine rings is 2. The molecule has 2 amide bonds. The summed E-state index contributed by atoms with van der Waals surface area (Å²) in [5.74, 6) is 0.0440. The summed E-state index contributed by atoms with van der Waals surface area (Å²) < 4.78 is 7.35. The van der Waals surface area contributed by atoms with Crippen molar-refractivity contribution >= 4 is 22.8 Å².